The normalized spacial score (nSPS) is 13.4. The first-order valence-electron chi connectivity index (χ1n) is 9.17. The van der Waals surface area contributed by atoms with Crippen molar-refractivity contribution in [3.05, 3.63) is 30.5 Å². The van der Waals surface area contributed by atoms with Gasteiger partial charge in [0.1, 0.15) is 11.4 Å². The Labute approximate surface area is 159 Å². The second-order valence-electron chi connectivity index (χ2n) is 6.53. The number of nitrogens with one attached hydrogen (secondary N) is 2. The number of rotatable bonds is 6. The molecule has 0 aliphatic carbocycles. The van der Waals surface area contributed by atoms with Gasteiger partial charge >= 0.3 is 6.03 Å². The quantitative estimate of drug-likeness (QED) is 0.813. The van der Waals surface area contributed by atoms with Crippen LogP contribution in [-0.4, -0.2) is 49.8 Å². The van der Waals surface area contributed by atoms with E-state index in [1.807, 2.05) is 38.1 Å². The Bertz CT molecular complexity index is 772. The second kappa shape index (κ2) is 8.57. The molecule has 2 N–H and O–H groups in total. The summed E-state index contributed by atoms with van der Waals surface area (Å²) >= 11 is 0. The summed E-state index contributed by atoms with van der Waals surface area (Å²) in [6, 6.07) is 6.88. The van der Waals surface area contributed by atoms with Crippen LogP contribution in [0.5, 0.6) is 5.75 Å². The zero-order chi connectivity index (χ0) is 19.2. The van der Waals surface area contributed by atoms with Crippen LogP contribution in [0.2, 0.25) is 0 Å². The lowest BCUT2D eigenvalue weighted by molar-refractivity contribution is 0.262. The van der Waals surface area contributed by atoms with Gasteiger partial charge in [0, 0.05) is 32.9 Å². The van der Waals surface area contributed by atoms with Crippen LogP contribution in [0.4, 0.5) is 27.9 Å². The highest BCUT2D eigenvalue weighted by atomic mass is 16.5. The lowest BCUT2D eigenvalue weighted by atomic mass is 10.3. The first-order chi connectivity index (χ1) is 13.1. The molecule has 27 heavy (non-hydrogen) atoms. The van der Waals surface area contributed by atoms with E-state index in [4.69, 9.17) is 4.74 Å². The van der Waals surface area contributed by atoms with Crippen molar-refractivity contribution in [2.24, 2.45) is 0 Å². The summed E-state index contributed by atoms with van der Waals surface area (Å²) in [7, 11) is 3.79. The van der Waals surface area contributed by atoms with Crippen molar-refractivity contribution < 1.29 is 9.53 Å². The number of hydrogen-bond acceptors (Lipinski definition) is 6. The molecule has 144 valence electrons. The molecule has 3 rings (SSSR count). The van der Waals surface area contributed by atoms with Gasteiger partial charge in [-0.3, -0.25) is 0 Å². The van der Waals surface area contributed by atoms with Crippen LogP contribution < -0.4 is 25.2 Å². The van der Waals surface area contributed by atoms with Gasteiger partial charge in [0.2, 0.25) is 5.95 Å². The van der Waals surface area contributed by atoms with Gasteiger partial charge in [0.25, 0.3) is 0 Å². The molecule has 2 heterocycles. The molecule has 0 spiro atoms. The Kier molecular flexibility index (Phi) is 5.95. The molecule has 1 aliphatic heterocycles. The third-order valence-corrected chi connectivity index (χ3v) is 4.24. The van der Waals surface area contributed by atoms with Crippen molar-refractivity contribution in [2.75, 3.05) is 54.2 Å². The van der Waals surface area contributed by atoms with E-state index in [0.29, 0.717) is 29.7 Å². The first kappa shape index (κ1) is 18.8. The SMILES string of the molecule is CCOc1ccc(NC(=O)Nc2cnc(N3CCCC3)nc2N(C)C)cc1. The molecule has 0 bridgehead atoms. The minimum absolute atomic E-state index is 0.347. The Morgan fingerprint density at radius 1 is 1.19 bits per heavy atom. The molecule has 8 heteroatoms. The van der Waals surface area contributed by atoms with E-state index in [2.05, 4.69) is 25.5 Å². The molecule has 1 fully saturated rings. The Balaban J connectivity index is 1.69. The molecule has 0 saturated carbocycles. The number of hydrogen-bond donors (Lipinski definition) is 2. The van der Waals surface area contributed by atoms with Crippen molar-refractivity contribution in [3.8, 4) is 5.75 Å². The van der Waals surface area contributed by atoms with E-state index >= 15 is 0 Å². The maximum atomic E-state index is 12.4. The lowest BCUT2D eigenvalue weighted by Gasteiger charge is -2.21. The van der Waals surface area contributed by atoms with Gasteiger partial charge in [-0.05, 0) is 44.0 Å². The molecule has 1 aliphatic rings. The van der Waals surface area contributed by atoms with Gasteiger partial charge in [0.05, 0.1) is 12.8 Å². The number of benzene rings is 1. The van der Waals surface area contributed by atoms with Crippen LogP contribution in [0, 0.1) is 0 Å². The summed E-state index contributed by atoms with van der Waals surface area (Å²) < 4.78 is 5.40. The van der Waals surface area contributed by atoms with Crippen molar-refractivity contribution in [3.63, 3.8) is 0 Å². The minimum Gasteiger partial charge on any atom is -0.494 e. The van der Waals surface area contributed by atoms with Crippen LogP contribution in [0.1, 0.15) is 19.8 Å². The fraction of sp³-hybridized carbons (Fsp3) is 0.421. The fourth-order valence-corrected chi connectivity index (χ4v) is 2.95. The highest BCUT2D eigenvalue weighted by Gasteiger charge is 2.18. The number of amides is 2. The molecule has 8 nitrogen and oxygen atoms in total. The number of ether oxygens (including phenoxy) is 1. The summed E-state index contributed by atoms with van der Waals surface area (Å²) in [6.45, 7) is 4.47. The molecule has 1 saturated heterocycles. The zero-order valence-corrected chi connectivity index (χ0v) is 16.0. The fourth-order valence-electron chi connectivity index (χ4n) is 2.95. The standard InChI is InChI=1S/C19H26N6O2/c1-4-27-15-9-7-14(8-10-15)21-19(26)22-16-13-20-18(23-17(16)24(2)3)25-11-5-6-12-25/h7-10,13H,4-6,11-12H2,1-3H3,(H2,21,22,26). The average Bonchev–Trinajstić information content (AvgIpc) is 3.18. The second-order valence-corrected chi connectivity index (χ2v) is 6.53. The molecule has 0 unspecified atom stereocenters. The monoisotopic (exact) mass is 370 g/mol. The van der Waals surface area contributed by atoms with Crippen LogP contribution in [0.25, 0.3) is 0 Å². The molecule has 2 aromatic rings. The number of carbonyl (C=O) groups excluding carboxylic acids is 1. The van der Waals surface area contributed by atoms with Crippen LogP contribution >= 0.6 is 0 Å². The average molecular weight is 370 g/mol. The first-order valence-corrected chi connectivity index (χ1v) is 9.17. The number of aromatic nitrogens is 2. The largest absolute Gasteiger partial charge is 0.494 e. The predicted octanol–water partition coefficient (Wildman–Crippen LogP) is 3.19. The number of urea groups is 1. The van der Waals surface area contributed by atoms with Crippen LogP contribution in [0.15, 0.2) is 30.5 Å². The minimum atomic E-state index is -0.347. The maximum absolute atomic E-state index is 12.4. The zero-order valence-electron chi connectivity index (χ0n) is 16.0. The van der Waals surface area contributed by atoms with Crippen molar-refractivity contribution in [1.29, 1.82) is 0 Å². The summed E-state index contributed by atoms with van der Waals surface area (Å²) in [5.74, 6) is 2.15. The van der Waals surface area contributed by atoms with Gasteiger partial charge in [-0.1, -0.05) is 0 Å². The van der Waals surface area contributed by atoms with E-state index < -0.39 is 0 Å². The molecular formula is C19H26N6O2. The van der Waals surface area contributed by atoms with Gasteiger partial charge in [-0.2, -0.15) is 4.98 Å². The summed E-state index contributed by atoms with van der Waals surface area (Å²) in [5.41, 5.74) is 1.24. The van der Waals surface area contributed by atoms with E-state index in [1.165, 1.54) is 0 Å². The van der Waals surface area contributed by atoms with E-state index in [1.54, 1.807) is 18.3 Å². The molecule has 1 aromatic carbocycles. The van der Waals surface area contributed by atoms with Crippen molar-refractivity contribution >= 4 is 29.2 Å². The smallest absolute Gasteiger partial charge is 0.323 e. The molecule has 1 aromatic heterocycles. The number of carbonyl (C=O) groups is 1. The van der Waals surface area contributed by atoms with Gasteiger partial charge in [-0.15, -0.1) is 0 Å². The van der Waals surface area contributed by atoms with Gasteiger partial charge in [-0.25, -0.2) is 9.78 Å². The van der Waals surface area contributed by atoms with Crippen LogP contribution in [0.3, 0.4) is 0 Å². The molecule has 0 radical (unpaired) electrons. The van der Waals surface area contributed by atoms with E-state index in [0.717, 1.165) is 31.7 Å². The maximum Gasteiger partial charge on any atom is 0.323 e. The van der Waals surface area contributed by atoms with E-state index in [-0.39, 0.29) is 6.03 Å². The summed E-state index contributed by atoms with van der Waals surface area (Å²) in [6.07, 6.45) is 3.98. The highest BCUT2D eigenvalue weighted by Crippen LogP contribution is 2.25. The number of nitrogens with zero attached hydrogens (tertiary/aromatic N) is 4. The van der Waals surface area contributed by atoms with Crippen molar-refractivity contribution in [2.45, 2.75) is 19.8 Å². The Morgan fingerprint density at radius 2 is 1.89 bits per heavy atom. The third-order valence-electron chi connectivity index (χ3n) is 4.24. The Hall–Kier alpha value is -3.03. The van der Waals surface area contributed by atoms with Crippen molar-refractivity contribution in [1.82, 2.24) is 9.97 Å². The summed E-state index contributed by atoms with van der Waals surface area (Å²) in [5, 5.41) is 5.64. The predicted molar refractivity (Wildman–Crippen MR) is 108 cm³/mol. The number of anilines is 4. The third kappa shape index (κ3) is 4.78. The highest BCUT2D eigenvalue weighted by molar-refractivity contribution is 6.01. The molecule has 2 amide bonds. The topological polar surface area (TPSA) is 82.6 Å². The lowest BCUT2D eigenvalue weighted by Crippen LogP contribution is -2.25. The van der Waals surface area contributed by atoms with Crippen LogP contribution in [-0.2, 0) is 0 Å². The molecule has 0 atom stereocenters. The molecular weight excluding hydrogens is 344 g/mol. The van der Waals surface area contributed by atoms with E-state index in [9.17, 15) is 4.79 Å². The summed E-state index contributed by atoms with van der Waals surface area (Å²) in [4.78, 5) is 25.5. The van der Waals surface area contributed by atoms with Gasteiger partial charge in [0.15, 0.2) is 5.82 Å². The van der Waals surface area contributed by atoms with Gasteiger partial charge < -0.3 is 25.2 Å². The Morgan fingerprint density at radius 3 is 2.52 bits per heavy atom.